The molecule has 0 bridgehead atoms. The number of hydrogen-bond donors (Lipinski definition) is 1. The SMILES string of the molecule is Cc1ccc(N2CC(C)CCC2C)c(CO)c1. The number of piperidine rings is 1. The van der Waals surface area contributed by atoms with E-state index in [4.69, 9.17) is 0 Å². The van der Waals surface area contributed by atoms with Gasteiger partial charge in [-0.15, -0.1) is 0 Å². The highest BCUT2D eigenvalue weighted by molar-refractivity contribution is 5.55. The fourth-order valence-electron chi connectivity index (χ4n) is 2.75. The highest BCUT2D eigenvalue weighted by atomic mass is 16.3. The maximum absolute atomic E-state index is 9.50. The first-order valence-electron chi connectivity index (χ1n) is 6.59. The van der Waals surface area contributed by atoms with Gasteiger partial charge in [0.25, 0.3) is 0 Å². The lowest BCUT2D eigenvalue weighted by molar-refractivity contribution is 0.281. The molecule has 0 radical (unpaired) electrons. The molecule has 1 heterocycles. The normalized spacial score (nSPS) is 25.1. The molecule has 2 heteroatoms. The molecule has 94 valence electrons. The summed E-state index contributed by atoms with van der Waals surface area (Å²) >= 11 is 0. The summed E-state index contributed by atoms with van der Waals surface area (Å²) < 4.78 is 0. The number of nitrogens with zero attached hydrogens (tertiary/aromatic N) is 1. The van der Waals surface area contributed by atoms with Gasteiger partial charge in [0.15, 0.2) is 0 Å². The summed E-state index contributed by atoms with van der Waals surface area (Å²) in [5.74, 6) is 0.749. The van der Waals surface area contributed by atoms with Crippen LogP contribution < -0.4 is 4.90 Å². The second-order valence-electron chi connectivity index (χ2n) is 5.47. The van der Waals surface area contributed by atoms with Crippen LogP contribution in [0.2, 0.25) is 0 Å². The molecule has 1 N–H and O–H groups in total. The lowest BCUT2D eigenvalue weighted by atomic mass is 9.93. The molecule has 0 spiro atoms. The summed E-state index contributed by atoms with van der Waals surface area (Å²) in [7, 11) is 0. The van der Waals surface area contributed by atoms with E-state index in [9.17, 15) is 5.11 Å². The van der Waals surface area contributed by atoms with Crippen LogP contribution in [-0.4, -0.2) is 17.7 Å². The quantitative estimate of drug-likeness (QED) is 0.848. The highest BCUT2D eigenvalue weighted by Gasteiger charge is 2.24. The molecule has 0 aromatic heterocycles. The lowest BCUT2D eigenvalue weighted by Gasteiger charge is -2.39. The second-order valence-corrected chi connectivity index (χ2v) is 5.47. The van der Waals surface area contributed by atoms with Crippen molar-refractivity contribution in [3.63, 3.8) is 0 Å². The van der Waals surface area contributed by atoms with E-state index in [0.717, 1.165) is 18.0 Å². The molecule has 0 saturated carbocycles. The van der Waals surface area contributed by atoms with Crippen molar-refractivity contribution < 1.29 is 5.11 Å². The second kappa shape index (κ2) is 5.09. The zero-order chi connectivity index (χ0) is 12.4. The molecule has 2 unspecified atom stereocenters. The van der Waals surface area contributed by atoms with E-state index < -0.39 is 0 Å². The van der Waals surface area contributed by atoms with Crippen LogP contribution in [0.5, 0.6) is 0 Å². The van der Waals surface area contributed by atoms with Gasteiger partial charge in [-0.3, -0.25) is 0 Å². The van der Waals surface area contributed by atoms with Crippen LogP contribution in [0.3, 0.4) is 0 Å². The van der Waals surface area contributed by atoms with E-state index in [-0.39, 0.29) is 6.61 Å². The minimum Gasteiger partial charge on any atom is -0.392 e. The van der Waals surface area contributed by atoms with Crippen molar-refractivity contribution in [3.8, 4) is 0 Å². The molecule has 1 aliphatic heterocycles. The summed E-state index contributed by atoms with van der Waals surface area (Å²) in [6.45, 7) is 7.91. The van der Waals surface area contributed by atoms with Gasteiger partial charge in [-0.05, 0) is 38.7 Å². The van der Waals surface area contributed by atoms with E-state index in [2.05, 4.69) is 43.9 Å². The van der Waals surface area contributed by atoms with Gasteiger partial charge in [0.2, 0.25) is 0 Å². The summed E-state index contributed by atoms with van der Waals surface area (Å²) in [5, 5.41) is 9.50. The Morgan fingerprint density at radius 3 is 2.76 bits per heavy atom. The average molecular weight is 233 g/mol. The van der Waals surface area contributed by atoms with Crippen LogP contribution in [0.25, 0.3) is 0 Å². The monoisotopic (exact) mass is 233 g/mol. The first-order chi connectivity index (χ1) is 8.11. The van der Waals surface area contributed by atoms with Crippen LogP contribution in [-0.2, 0) is 6.61 Å². The third kappa shape index (κ3) is 2.63. The first kappa shape index (κ1) is 12.4. The number of benzene rings is 1. The number of rotatable bonds is 2. The molecule has 0 amide bonds. The Balaban J connectivity index is 2.31. The highest BCUT2D eigenvalue weighted by Crippen LogP contribution is 2.30. The zero-order valence-corrected chi connectivity index (χ0v) is 11.1. The largest absolute Gasteiger partial charge is 0.392 e. The van der Waals surface area contributed by atoms with Crippen LogP contribution in [0.4, 0.5) is 5.69 Å². The molecule has 2 rings (SSSR count). The van der Waals surface area contributed by atoms with Crippen LogP contribution in [0.1, 0.15) is 37.8 Å². The third-order valence-corrected chi connectivity index (χ3v) is 3.83. The molecule has 2 nitrogen and oxygen atoms in total. The smallest absolute Gasteiger partial charge is 0.0702 e. The van der Waals surface area contributed by atoms with Crippen molar-refractivity contribution in [2.24, 2.45) is 5.92 Å². The fraction of sp³-hybridized carbons (Fsp3) is 0.600. The van der Waals surface area contributed by atoms with Gasteiger partial charge in [0.05, 0.1) is 6.61 Å². The van der Waals surface area contributed by atoms with Gasteiger partial charge >= 0.3 is 0 Å². The van der Waals surface area contributed by atoms with Crippen LogP contribution in [0.15, 0.2) is 18.2 Å². The standard InChI is InChI=1S/C15H23NO/c1-11-5-7-15(14(8-11)10-17)16-9-12(2)4-6-13(16)3/h5,7-8,12-13,17H,4,6,9-10H2,1-3H3. The Labute approximate surface area is 104 Å². The molecule has 1 aromatic rings. The Morgan fingerprint density at radius 2 is 2.06 bits per heavy atom. The van der Waals surface area contributed by atoms with Crippen molar-refractivity contribution >= 4 is 5.69 Å². The summed E-state index contributed by atoms with van der Waals surface area (Å²) in [4.78, 5) is 2.46. The van der Waals surface area contributed by atoms with Gasteiger partial charge in [-0.1, -0.05) is 24.6 Å². The predicted octanol–water partition coefficient (Wildman–Crippen LogP) is 3.11. The molecule has 1 saturated heterocycles. The summed E-state index contributed by atoms with van der Waals surface area (Å²) in [6, 6.07) is 6.98. The number of aryl methyl sites for hydroxylation is 1. The summed E-state index contributed by atoms with van der Waals surface area (Å²) in [5.41, 5.74) is 3.50. The minimum atomic E-state index is 0.134. The molecular weight excluding hydrogens is 210 g/mol. The third-order valence-electron chi connectivity index (χ3n) is 3.83. The van der Waals surface area contributed by atoms with Gasteiger partial charge in [0, 0.05) is 23.8 Å². The molecule has 1 aliphatic rings. The molecule has 17 heavy (non-hydrogen) atoms. The van der Waals surface area contributed by atoms with E-state index in [1.54, 1.807) is 0 Å². The maximum atomic E-state index is 9.50. The van der Waals surface area contributed by atoms with Crippen molar-refractivity contribution in [1.82, 2.24) is 0 Å². The molecular formula is C15H23NO. The van der Waals surface area contributed by atoms with E-state index in [1.807, 2.05) is 0 Å². The average Bonchev–Trinajstić information content (AvgIpc) is 2.32. The van der Waals surface area contributed by atoms with Crippen molar-refractivity contribution in [3.05, 3.63) is 29.3 Å². The lowest BCUT2D eigenvalue weighted by Crippen LogP contribution is -2.41. The minimum absolute atomic E-state index is 0.134. The van der Waals surface area contributed by atoms with Gasteiger partial charge in [-0.25, -0.2) is 0 Å². The number of hydrogen-bond acceptors (Lipinski definition) is 2. The topological polar surface area (TPSA) is 23.5 Å². The maximum Gasteiger partial charge on any atom is 0.0702 e. The fourth-order valence-corrected chi connectivity index (χ4v) is 2.75. The van der Waals surface area contributed by atoms with Crippen molar-refractivity contribution in [2.45, 2.75) is 46.3 Å². The Kier molecular flexibility index (Phi) is 3.72. The zero-order valence-electron chi connectivity index (χ0n) is 11.1. The predicted molar refractivity (Wildman–Crippen MR) is 72.3 cm³/mol. The molecule has 1 aromatic carbocycles. The molecule has 0 aliphatic carbocycles. The van der Waals surface area contributed by atoms with Crippen LogP contribution in [0, 0.1) is 12.8 Å². The number of aliphatic hydroxyl groups excluding tert-OH is 1. The van der Waals surface area contributed by atoms with Crippen LogP contribution >= 0.6 is 0 Å². The van der Waals surface area contributed by atoms with E-state index >= 15 is 0 Å². The van der Waals surface area contributed by atoms with E-state index in [0.29, 0.717) is 6.04 Å². The molecule has 2 atom stereocenters. The van der Waals surface area contributed by atoms with Gasteiger partial charge in [-0.2, -0.15) is 0 Å². The Morgan fingerprint density at radius 1 is 1.29 bits per heavy atom. The summed E-state index contributed by atoms with van der Waals surface area (Å²) in [6.07, 6.45) is 2.57. The first-order valence-corrected chi connectivity index (χ1v) is 6.59. The molecule has 1 fully saturated rings. The Hall–Kier alpha value is -1.02. The van der Waals surface area contributed by atoms with Crippen molar-refractivity contribution in [1.29, 1.82) is 0 Å². The Bertz CT molecular complexity index is 389. The van der Waals surface area contributed by atoms with Gasteiger partial charge < -0.3 is 10.0 Å². The van der Waals surface area contributed by atoms with Gasteiger partial charge in [0.1, 0.15) is 0 Å². The van der Waals surface area contributed by atoms with Crippen molar-refractivity contribution in [2.75, 3.05) is 11.4 Å². The van der Waals surface area contributed by atoms with E-state index in [1.165, 1.54) is 24.1 Å². The number of anilines is 1. The number of aliphatic hydroxyl groups is 1.